The lowest BCUT2D eigenvalue weighted by Gasteiger charge is -2.41. The van der Waals surface area contributed by atoms with Crippen LogP contribution in [0.1, 0.15) is 25.3 Å². The lowest BCUT2D eigenvalue weighted by molar-refractivity contribution is 0.0379. The summed E-state index contributed by atoms with van der Waals surface area (Å²) in [5, 5.41) is 0. The van der Waals surface area contributed by atoms with Crippen LogP contribution in [0.25, 0.3) is 0 Å². The van der Waals surface area contributed by atoms with Gasteiger partial charge in [-0.3, -0.25) is 4.90 Å². The lowest BCUT2D eigenvalue weighted by Crippen LogP contribution is -2.53. The van der Waals surface area contributed by atoms with Crippen LogP contribution >= 0.6 is 0 Å². The summed E-state index contributed by atoms with van der Waals surface area (Å²) < 4.78 is 18.4. The van der Waals surface area contributed by atoms with Crippen LogP contribution < -0.4 is 5.73 Å². The maximum atomic E-state index is 13.0. The predicted molar refractivity (Wildman–Crippen MR) is 83.7 cm³/mol. The molecule has 0 aliphatic carbocycles. The Hall–Kier alpha value is -0.970. The summed E-state index contributed by atoms with van der Waals surface area (Å²) in [5.74, 6) is 0.492. The fraction of sp³-hybridized carbons (Fsp3) is 0.647. The molecule has 1 aliphatic rings. The molecule has 0 radical (unpaired) electrons. The molecule has 1 saturated heterocycles. The molecule has 3 nitrogen and oxygen atoms in total. The second-order valence-corrected chi connectivity index (χ2v) is 6.44. The molecule has 21 heavy (non-hydrogen) atoms. The molecular formula is C17H27FN2O. The number of nitrogens with zero attached hydrogens (tertiary/aromatic N) is 1. The van der Waals surface area contributed by atoms with E-state index in [4.69, 9.17) is 10.5 Å². The number of halogens is 1. The molecule has 1 aliphatic heterocycles. The Morgan fingerprint density at radius 1 is 1.29 bits per heavy atom. The van der Waals surface area contributed by atoms with Crippen LogP contribution in [-0.2, 0) is 11.2 Å². The van der Waals surface area contributed by atoms with Crippen LogP contribution in [-0.4, -0.2) is 43.8 Å². The molecule has 1 aromatic rings. The van der Waals surface area contributed by atoms with Crippen LogP contribution in [0.15, 0.2) is 24.3 Å². The summed E-state index contributed by atoms with van der Waals surface area (Å²) in [6.07, 6.45) is 3.09. The zero-order chi connectivity index (χ0) is 15.3. The summed E-state index contributed by atoms with van der Waals surface area (Å²) >= 11 is 0. The van der Waals surface area contributed by atoms with Crippen LogP contribution in [0.2, 0.25) is 0 Å². The second kappa shape index (κ2) is 7.34. The largest absolute Gasteiger partial charge is 0.381 e. The molecule has 1 aromatic carbocycles. The first-order valence-electron chi connectivity index (χ1n) is 7.77. The standard InChI is InChI=1S/C17H27FN2O/c1-17(13-19,11-14-3-5-16(18)6-4-14)20(2)12-15-7-9-21-10-8-15/h3-6,15H,7-13,19H2,1-2H3. The van der Waals surface area contributed by atoms with Gasteiger partial charge in [-0.15, -0.1) is 0 Å². The zero-order valence-electron chi connectivity index (χ0n) is 13.1. The van der Waals surface area contributed by atoms with Gasteiger partial charge >= 0.3 is 0 Å². The minimum absolute atomic E-state index is 0.101. The van der Waals surface area contributed by atoms with Crippen molar-refractivity contribution in [3.8, 4) is 0 Å². The lowest BCUT2D eigenvalue weighted by atomic mass is 9.89. The van der Waals surface area contributed by atoms with Crippen LogP contribution in [0.5, 0.6) is 0 Å². The van der Waals surface area contributed by atoms with Gasteiger partial charge in [0.05, 0.1) is 0 Å². The highest BCUT2D eigenvalue weighted by molar-refractivity contribution is 5.19. The molecule has 0 saturated carbocycles. The first-order chi connectivity index (χ1) is 10.0. The highest BCUT2D eigenvalue weighted by atomic mass is 19.1. The maximum absolute atomic E-state index is 13.0. The van der Waals surface area contributed by atoms with E-state index in [2.05, 4.69) is 18.9 Å². The molecule has 0 spiro atoms. The van der Waals surface area contributed by atoms with Gasteiger partial charge in [0, 0.05) is 31.8 Å². The highest BCUT2D eigenvalue weighted by Gasteiger charge is 2.30. The van der Waals surface area contributed by atoms with E-state index in [0.29, 0.717) is 12.5 Å². The summed E-state index contributed by atoms with van der Waals surface area (Å²) in [6, 6.07) is 6.74. The van der Waals surface area contributed by atoms with E-state index >= 15 is 0 Å². The Labute approximate surface area is 127 Å². The van der Waals surface area contributed by atoms with Crippen molar-refractivity contribution in [3.63, 3.8) is 0 Å². The van der Waals surface area contributed by atoms with E-state index in [1.165, 1.54) is 12.1 Å². The first-order valence-corrected chi connectivity index (χ1v) is 7.77. The Bertz CT molecular complexity index is 431. The van der Waals surface area contributed by atoms with E-state index in [-0.39, 0.29) is 11.4 Å². The van der Waals surface area contributed by atoms with Gasteiger partial charge in [-0.2, -0.15) is 0 Å². The zero-order valence-corrected chi connectivity index (χ0v) is 13.1. The maximum Gasteiger partial charge on any atom is 0.123 e. The summed E-state index contributed by atoms with van der Waals surface area (Å²) in [4.78, 5) is 2.37. The Morgan fingerprint density at radius 2 is 1.90 bits per heavy atom. The molecule has 2 rings (SSSR count). The van der Waals surface area contributed by atoms with Crippen molar-refractivity contribution < 1.29 is 9.13 Å². The van der Waals surface area contributed by atoms with Crippen LogP contribution in [0, 0.1) is 11.7 Å². The number of benzene rings is 1. The molecule has 0 aromatic heterocycles. The van der Waals surface area contributed by atoms with Gasteiger partial charge < -0.3 is 10.5 Å². The van der Waals surface area contributed by atoms with Crippen LogP contribution in [0.4, 0.5) is 4.39 Å². The van der Waals surface area contributed by atoms with E-state index in [9.17, 15) is 4.39 Å². The van der Waals surface area contributed by atoms with Crippen molar-refractivity contribution >= 4 is 0 Å². The number of hydrogen-bond donors (Lipinski definition) is 1. The number of hydrogen-bond acceptors (Lipinski definition) is 3. The Morgan fingerprint density at radius 3 is 2.48 bits per heavy atom. The minimum atomic E-state index is -0.191. The molecule has 118 valence electrons. The average Bonchev–Trinajstić information content (AvgIpc) is 2.50. The number of rotatable bonds is 6. The fourth-order valence-electron chi connectivity index (χ4n) is 2.94. The normalized spacial score (nSPS) is 19.7. The van der Waals surface area contributed by atoms with Gasteiger partial charge in [0.1, 0.15) is 5.82 Å². The van der Waals surface area contributed by atoms with Gasteiger partial charge in [0.25, 0.3) is 0 Å². The monoisotopic (exact) mass is 294 g/mol. The average molecular weight is 294 g/mol. The molecule has 4 heteroatoms. The van der Waals surface area contributed by atoms with Crippen LogP contribution in [0.3, 0.4) is 0 Å². The quantitative estimate of drug-likeness (QED) is 0.876. The molecule has 2 N–H and O–H groups in total. The minimum Gasteiger partial charge on any atom is -0.381 e. The van der Waals surface area contributed by atoms with Crippen molar-refractivity contribution in [2.45, 2.75) is 31.7 Å². The highest BCUT2D eigenvalue weighted by Crippen LogP contribution is 2.23. The number of ether oxygens (including phenoxy) is 1. The topological polar surface area (TPSA) is 38.5 Å². The summed E-state index contributed by atoms with van der Waals surface area (Å²) in [7, 11) is 2.14. The molecule has 0 amide bonds. The Balaban J connectivity index is 1.99. The molecule has 1 atom stereocenters. The predicted octanol–water partition coefficient (Wildman–Crippen LogP) is 2.44. The van der Waals surface area contributed by atoms with E-state index in [0.717, 1.165) is 44.6 Å². The Kier molecular flexibility index (Phi) is 5.73. The first kappa shape index (κ1) is 16.4. The van der Waals surface area contributed by atoms with Crippen molar-refractivity contribution in [3.05, 3.63) is 35.6 Å². The fourth-order valence-corrected chi connectivity index (χ4v) is 2.94. The number of nitrogens with two attached hydrogens (primary N) is 1. The third kappa shape index (κ3) is 4.50. The van der Waals surface area contributed by atoms with Crippen molar-refractivity contribution in [1.29, 1.82) is 0 Å². The molecule has 1 unspecified atom stereocenters. The smallest absolute Gasteiger partial charge is 0.123 e. The molecule has 1 fully saturated rings. The van der Waals surface area contributed by atoms with E-state index in [1.807, 2.05) is 12.1 Å². The van der Waals surface area contributed by atoms with Gasteiger partial charge in [0.15, 0.2) is 0 Å². The third-order valence-electron chi connectivity index (χ3n) is 4.73. The van der Waals surface area contributed by atoms with Gasteiger partial charge in [-0.1, -0.05) is 12.1 Å². The second-order valence-electron chi connectivity index (χ2n) is 6.44. The van der Waals surface area contributed by atoms with E-state index in [1.54, 1.807) is 0 Å². The third-order valence-corrected chi connectivity index (χ3v) is 4.73. The van der Waals surface area contributed by atoms with Gasteiger partial charge in [0.2, 0.25) is 0 Å². The molecular weight excluding hydrogens is 267 g/mol. The van der Waals surface area contributed by atoms with Gasteiger partial charge in [-0.25, -0.2) is 4.39 Å². The summed E-state index contributed by atoms with van der Waals surface area (Å²) in [6.45, 7) is 5.56. The van der Waals surface area contributed by atoms with E-state index < -0.39 is 0 Å². The number of likely N-dealkylation sites (N-methyl/N-ethyl adjacent to an activating group) is 1. The van der Waals surface area contributed by atoms with Gasteiger partial charge in [-0.05, 0) is 56.8 Å². The molecule has 0 bridgehead atoms. The summed E-state index contributed by atoms with van der Waals surface area (Å²) in [5.41, 5.74) is 7.08. The van der Waals surface area contributed by atoms with Crippen molar-refractivity contribution in [2.24, 2.45) is 11.7 Å². The SMILES string of the molecule is CN(CC1CCOCC1)C(C)(CN)Cc1ccc(F)cc1. The van der Waals surface area contributed by atoms with Crippen molar-refractivity contribution in [2.75, 3.05) is 33.4 Å². The molecule has 1 heterocycles. The van der Waals surface area contributed by atoms with Crippen molar-refractivity contribution in [1.82, 2.24) is 4.90 Å².